The van der Waals surface area contributed by atoms with Crippen LogP contribution in [0.4, 0.5) is 0 Å². The topological polar surface area (TPSA) is 72.2 Å². The first-order valence-corrected chi connectivity index (χ1v) is 6.30. The third-order valence-corrected chi connectivity index (χ3v) is 3.07. The number of carbonyl (C=O) groups excluding carboxylic acids is 2. The second-order valence-electron chi connectivity index (χ2n) is 4.41. The number of ketones is 1. The molecule has 2 rings (SSSR count). The van der Waals surface area contributed by atoms with Crippen LogP contribution in [0.25, 0.3) is 0 Å². The van der Waals surface area contributed by atoms with Gasteiger partial charge in [0.05, 0.1) is 0 Å². The zero-order valence-electron chi connectivity index (χ0n) is 11.2. The largest absolute Gasteiger partial charge is 0.358 e. The van der Waals surface area contributed by atoms with Crippen LogP contribution in [-0.4, -0.2) is 18.7 Å². The van der Waals surface area contributed by atoms with Gasteiger partial charge in [-0.2, -0.15) is 0 Å². The Hall–Kier alpha value is -2.46. The minimum Gasteiger partial charge on any atom is -0.358 e. The van der Waals surface area contributed by atoms with E-state index in [9.17, 15) is 9.59 Å². The molecule has 20 heavy (non-hydrogen) atoms. The zero-order valence-corrected chi connectivity index (χ0v) is 11.2. The highest BCUT2D eigenvalue weighted by Crippen LogP contribution is 2.16. The van der Waals surface area contributed by atoms with Crippen molar-refractivity contribution in [2.45, 2.75) is 6.04 Å². The van der Waals surface area contributed by atoms with Crippen LogP contribution in [0.5, 0.6) is 0 Å². The van der Waals surface area contributed by atoms with E-state index >= 15 is 0 Å². The van der Waals surface area contributed by atoms with Crippen molar-refractivity contribution in [1.29, 1.82) is 0 Å². The summed E-state index contributed by atoms with van der Waals surface area (Å²) in [7, 11) is 1.53. The van der Waals surface area contributed by atoms with Crippen LogP contribution >= 0.6 is 0 Å². The van der Waals surface area contributed by atoms with Crippen LogP contribution in [0.1, 0.15) is 27.5 Å². The number of hydrogen-bond donors (Lipinski definition) is 2. The first-order valence-electron chi connectivity index (χ1n) is 6.30. The lowest BCUT2D eigenvalue weighted by Crippen LogP contribution is -2.31. The Morgan fingerprint density at radius 3 is 2.30 bits per heavy atom. The predicted octanol–water partition coefficient (Wildman–Crippen LogP) is 1.66. The van der Waals surface area contributed by atoms with E-state index in [-0.39, 0.29) is 11.7 Å². The summed E-state index contributed by atoms with van der Waals surface area (Å²) < 4.78 is 0. The Balaban J connectivity index is 2.31. The SMILES string of the molecule is CNC(=O)C(N)c1cccc(C(=O)c2ccccc2)c1. The van der Waals surface area contributed by atoms with E-state index in [1.807, 2.05) is 18.2 Å². The van der Waals surface area contributed by atoms with Crippen LogP contribution in [-0.2, 0) is 4.79 Å². The van der Waals surface area contributed by atoms with E-state index in [4.69, 9.17) is 5.73 Å². The second kappa shape index (κ2) is 6.12. The molecule has 1 unspecified atom stereocenters. The molecule has 102 valence electrons. The molecule has 0 saturated heterocycles. The summed E-state index contributed by atoms with van der Waals surface area (Å²) >= 11 is 0. The summed E-state index contributed by atoms with van der Waals surface area (Å²) in [5, 5.41) is 2.49. The van der Waals surface area contributed by atoms with Crippen molar-refractivity contribution in [3.8, 4) is 0 Å². The molecule has 4 nitrogen and oxygen atoms in total. The van der Waals surface area contributed by atoms with E-state index in [0.29, 0.717) is 16.7 Å². The first-order chi connectivity index (χ1) is 9.63. The maximum Gasteiger partial charge on any atom is 0.241 e. The number of likely N-dealkylation sites (N-methyl/N-ethyl adjacent to an activating group) is 1. The predicted molar refractivity (Wildman–Crippen MR) is 77.3 cm³/mol. The molecule has 0 radical (unpaired) electrons. The smallest absolute Gasteiger partial charge is 0.241 e. The highest BCUT2D eigenvalue weighted by molar-refractivity contribution is 6.09. The second-order valence-corrected chi connectivity index (χ2v) is 4.41. The molecule has 2 aromatic rings. The summed E-state index contributed by atoms with van der Waals surface area (Å²) in [6, 6.07) is 15.1. The van der Waals surface area contributed by atoms with Gasteiger partial charge in [0.25, 0.3) is 0 Å². The van der Waals surface area contributed by atoms with Crippen LogP contribution in [0.3, 0.4) is 0 Å². The minimum absolute atomic E-state index is 0.0865. The quantitative estimate of drug-likeness (QED) is 0.828. The van der Waals surface area contributed by atoms with E-state index < -0.39 is 6.04 Å². The normalized spacial score (nSPS) is 11.7. The Kier molecular flexibility index (Phi) is 4.27. The maximum atomic E-state index is 12.3. The van der Waals surface area contributed by atoms with Gasteiger partial charge >= 0.3 is 0 Å². The monoisotopic (exact) mass is 268 g/mol. The van der Waals surface area contributed by atoms with Gasteiger partial charge in [0.1, 0.15) is 6.04 Å². The molecule has 1 atom stereocenters. The fourth-order valence-electron chi connectivity index (χ4n) is 1.94. The first kappa shape index (κ1) is 14.0. The third-order valence-electron chi connectivity index (χ3n) is 3.07. The molecule has 3 N–H and O–H groups in total. The van der Waals surface area contributed by atoms with E-state index in [1.54, 1.807) is 36.4 Å². The van der Waals surface area contributed by atoms with Crippen LogP contribution in [0, 0.1) is 0 Å². The lowest BCUT2D eigenvalue weighted by molar-refractivity contribution is -0.121. The van der Waals surface area contributed by atoms with Gasteiger partial charge in [-0.1, -0.05) is 48.5 Å². The Morgan fingerprint density at radius 2 is 1.65 bits per heavy atom. The molecule has 0 saturated carbocycles. The zero-order chi connectivity index (χ0) is 14.5. The molecular weight excluding hydrogens is 252 g/mol. The molecule has 0 fully saturated rings. The van der Waals surface area contributed by atoms with Crippen molar-refractivity contribution in [3.05, 3.63) is 71.3 Å². The van der Waals surface area contributed by atoms with Gasteiger partial charge in [0, 0.05) is 18.2 Å². The molecule has 0 aliphatic rings. The molecule has 0 bridgehead atoms. The Bertz CT molecular complexity index is 623. The average Bonchev–Trinajstić information content (AvgIpc) is 2.53. The van der Waals surface area contributed by atoms with E-state index in [1.165, 1.54) is 7.05 Å². The summed E-state index contributed by atoms with van der Waals surface area (Å²) in [5.41, 5.74) is 7.58. The Labute approximate surface area is 117 Å². The molecule has 0 spiro atoms. The summed E-state index contributed by atoms with van der Waals surface area (Å²) in [4.78, 5) is 23.9. The van der Waals surface area contributed by atoms with Gasteiger partial charge in [-0.25, -0.2) is 0 Å². The molecule has 0 heterocycles. The van der Waals surface area contributed by atoms with Crippen molar-refractivity contribution in [2.75, 3.05) is 7.05 Å². The third kappa shape index (κ3) is 2.92. The van der Waals surface area contributed by atoms with Gasteiger partial charge in [-0.05, 0) is 11.6 Å². The van der Waals surface area contributed by atoms with Gasteiger partial charge in [0.2, 0.25) is 5.91 Å². The molecule has 0 aliphatic heterocycles. The Morgan fingerprint density at radius 1 is 1.00 bits per heavy atom. The number of carbonyl (C=O) groups is 2. The van der Waals surface area contributed by atoms with Crippen LogP contribution in [0.2, 0.25) is 0 Å². The lowest BCUT2D eigenvalue weighted by Gasteiger charge is -2.11. The van der Waals surface area contributed by atoms with E-state index in [0.717, 1.165) is 0 Å². The van der Waals surface area contributed by atoms with Crippen LogP contribution < -0.4 is 11.1 Å². The fourth-order valence-corrected chi connectivity index (χ4v) is 1.94. The molecule has 4 heteroatoms. The highest BCUT2D eigenvalue weighted by atomic mass is 16.2. The lowest BCUT2D eigenvalue weighted by atomic mass is 9.98. The molecule has 1 amide bonds. The van der Waals surface area contributed by atoms with Crippen molar-refractivity contribution in [3.63, 3.8) is 0 Å². The number of hydrogen-bond acceptors (Lipinski definition) is 3. The van der Waals surface area contributed by atoms with E-state index in [2.05, 4.69) is 5.32 Å². The number of benzene rings is 2. The number of nitrogens with one attached hydrogen (secondary N) is 1. The summed E-state index contributed by atoms with van der Waals surface area (Å²) in [6.07, 6.45) is 0. The van der Waals surface area contributed by atoms with Gasteiger partial charge in [-0.15, -0.1) is 0 Å². The van der Waals surface area contributed by atoms with Gasteiger partial charge in [0.15, 0.2) is 5.78 Å². The summed E-state index contributed by atoms with van der Waals surface area (Å²) in [5.74, 6) is -0.370. The van der Waals surface area contributed by atoms with Crippen LogP contribution in [0.15, 0.2) is 54.6 Å². The minimum atomic E-state index is -0.775. The molecule has 0 aliphatic carbocycles. The van der Waals surface area contributed by atoms with Crippen molar-refractivity contribution in [1.82, 2.24) is 5.32 Å². The van der Waals surface area contributed by atoms with Gasteiger partial charge < -0.3 is 11.1 Å². The highest BCUT2D eigenvalue weighted by Gasteiger charge is 2.16. The number of rotatable bonds is 4. The standard InChI is InChI=1S/C16H16N2O2/c1-18-16(20)14(17)12-8-5-9-13(10-12)15(19)11-6-3-2-4-7-11/h2-10,14H,17H2,1H3,(H,18,20). The van der Waals surface area contributed by atoms with Crippen molar-refractivity contribution in [2.24, 2.45) is 5.73 Å². The van der Waals surface area contributed by atoms with Gasteiger partial charge in [-0.3, -0.25) is 9.59 Å². The maximum absolute atomic E-state index is 12.3. The molecule has 0 aromatic heterocycles. The summed E-state index contributed by atoms with van der Waals surface area (Å²) in [6.45, 7) is 0. The fraction of sp³-hybridized carbons (Fsp3) is 0.125. The van der Waals surface area contributed by atoms with Crippen molar-refractivity contribution >= 4 is 11.7 Å². The number of nitrogens with two attached hydrogens (primary N) is 1. The average molecular weight is 268 g/mol. The number of amides is 1. The van der Waals surface area contributed by atoms with Crippen molar-refractivity contribution < 1.29 is 9.59 Å². The molecular formula is C16H16N2O2. The molecule has 2 aromatic carbocycles.